The van der Waals surface area contributed by atoms with Gasteiger partial charge >= 0.3 is 0 Å². The lowest BCUT2D eigenvalue weighted by atomic mass is 9.96. The van der Waals surface area contributed by atoms with Gasteiger partial charge in [0, 0.05) is 49.9 Å². The van der Waals surface area contributed by atoms with Crippen molar-refractivity contribution in [2.24, 2.45) is 0 Å². The maximum Gasteiger partial charge on any atom is 0.161 e. The molecule has 9 aromatic carbocycles. The van der Waals surface area contributed by atoms with Crippen LogP contribution in [-0.2, 0) is 0 Å². The number of benzene rings is 9. The first kappa shape index (κ1) is 33.5. The van der Waals surface area contributed by atoms with E-state index in [4.69, 9.17) is 14.4 Å². The number of nitrogens with zero attached hydrogens (tertiary/aromatic N) is 3. The van der Waals surface area contributed by atoms with Crippen LogP contribution in [0, 0.1) is 0 Å². The van der Waals surface area contributed by atoms with Crippen LogP contribution in [-0.4, -0.2) is 9.97 Å². The first-order chi connectivity index (χ1) is 28.7. The van der Waals surface area contributed by atoms with Gasteiger partial charge in [0.15, 0.2) is 5.82 Å². The Balaban J connectivity index is 1.07. The maximum absolute atomic E-state index is 6.91. The molecule has 2 aromatic heterocycles. The van der Waals surface area contributed by atoms with Crippen molar-refractivity contribution in [3.8, 4) is 44.9 Å². The predicted molar refractivity (Wildman–Crippen MR) is 241 cm³/mol. The van der Waals surface area contributed by atoms with Crippen molar-refractivity contribution < 1.29 is 4.42 Å². The van der Waals surface area contributed by atoms with Gasteiger partial charge in [-0.25, -0.2) is 9.97 Å². The van der Waals surface area contributed by atoms with Gasteiger partial charge in [0.2, 0.25) is 0 Å². The molecule has 2 heterocycles. The predicted octanol–water partition coefficient (Wildman–Crippen LogP) is 14.8. The molecule has 0 unspecified atom stereocenters. The average molecular weight is 742 g/mol. The lowest BCUT2D eigenvalue weighted by molar-refractivity contribution is 0.670. The topological polar surface area (TPSA) is 42.2 Å². The molecule has 0 fully saturated rings. The summed E-state index contributed by atoms with van der Waals surface area (Å²) in [6.07, 6.45) is 0. The van der Waals surface area contributed by atoms with Crippen molar-refractivity contribution in [1.29, 1.82) is 0 Å². The number of para-hydroxylation sites is 2. The summed E-state index contributed by atoms with van der Waals surface area (Å²) in [6.45, 7) is 0. The van der Waals surface area contributed by atoms with Crippen LogP contribution in [0.3, 0.4) is 0 Å². The standard InChI is InChI=1S/C54H35N3O/c1-4-14-36(15-5-1)37-24-28-43(29-25-37)57(42-20-8-3-9-21-42)44-30-26-38(27-31-44)45-32-33-47(51-48-34-40-18-10-11-19-41(40)35-50(48)58-53(45)51)54-55-49-23-13-12-22-46(49)52(56-54)39-16-6-2-7-17-39/h1-35H. The summed E-state index contributed by atoms with van der Waals surface area (Å²) in [6, 6.07) is 74.4. The molecule has 0 bridgehead atoms. The van der Waals surface area contributed by atoms with Crippen molar-refractivity contribution in [2.75, 3.05) is 4.90 Å². The van der Waals surface area contributed by atoms with Crippen LogP contribution in [0.4, 0.5) is 17.1 Å². The van der Waals surface area contributed by atoms with E-state index >= 15 is 0 Å². The number of furan rings is 1. The summed E-state index contributed by atoms with van der Waals surface area (Å²) < 4.78 is 6.91. The molecule has 272 valence electrons. The Morgan fingerprint density at radius 1 is 0.379 bits per heavy atom. The summed E-state index contributed by atoms with van der Waals surface area (Å²) >= 11 is 0. The van der Waals surface area contributed by atoms with Crippen LogP contribution in [0.1, 0.15) is 0 Å². The molecule has 0 N–H and O–H groups in total. The van der Waals surface area contributed by atoms with Gasteiger partial charge < -0.3 is 9.32 Å². The third kappa shape index (κ3) is 5.87. The van der Waals surface area contributed by atoms with E-state index in [1.165, 1.54) is 11.1 Å². The molecule has 0 atom stereocenters. The van der Waals surface area contributed by atoms with E-state index in [9.17, 15) is 0 Å². The number of hydrogen-bond acceptors (Lipinski definition) is 4. The molecule has 58 heavy (non-hydrogen) atoms. The van der Waals surface area contributed by atoms with Crippen molar-refractivity contribution in [3.05, 3.63) is 212 Å². The molecule has 4 heteroatoms. The van der Waals surface area contributed by atoms with Gasteiger partial charge in [0.05, 0.1) is 11.2 Å². The Morgan fingerprint density at radius 2 is 0.914 bits per heavy atom. The third-order valence-electron chi connectivity index (χ3n) is 11.1. The number of anilines is 3. The number of rotatable bonds is 7. The zero-order valence-corrected chi connectivity index (χ0v) is 31.5. The van der Waals surface area contributed by atoms with Crippen LogP contribution in [0.15, 0.2) is 217 Å². The quantitative estimate of drug-likeness (QED) is 0.163. The molecular formula is C54H35N3O. The van der Waals surface area contributed by atoms with E-state index in [0.717, 1.165) is 88.6 Å². The summed E-state index contributed by atoms with van der Waals surface area (Å²) in [5, 5.41) is 5.34. The molecule has 0 aliphatic rings. The maximum atomic E-state index is 6.91. The summed E-state index contributed by atoms with van der Waals surface area (Å²) in [5.74, 6) is 0.664. The highest BCUT2D eigenvalue weighted by molar-refractivity contribution is 6.18. The van der Waals surface area contributed by atoms with E-state index < -0.39 is 0 Å². The van der Waals surface area contributed by atoms with Gasteiger partial charge in [0.25, 0.3) is 0 Å². The molecular weight excluding hydrogens is 707 g/mol. The molecule has 0 aliphatic carbocycles. The van der Waals surface area contributed by atoms with Crippen molar-refractivity contribution in [3.63, 3.8) is 0 Å². The smallest absolute Gasteiger partial charge is 0.161 e. The minimum Gasteiger partial charge on any atom is -0.455 e. The summed E-state index contributed by atoms with van der Waals surface area (Å²) in [5.41, 5.74) is 13.1. The Hall–Kier alpha value is -7.82. The summed E-state index contributed by atoms with van der Waals surface area (Å²) in [7, 11) is 0. The number of fused-ring (bicyclic) bond motifs is 5. The second-order valence-electron chi connectivity index (χ2n) is 14.6. The largest absolute Gasteiger partial charge is 0.455 e. The Bertz CT molecular complexity index is 3250. The van der Waals surface area contributed by atoms with Gasteiger partial charge in [-0.15, -0.1) is 0 Å². The highest BCUT2D eigenvalue weighted by atomic mass is 16.3. The first-order valence-corrected chi connectivity index (χ1v) is 19.6. The fourth-order valence-electron chi connectivity index (χ4n) is 8.24. The normalized spacial score (nSPS) is 11.4. The highest BCUT2D eigenvalue weighted by Gasteiger charge is 2.21. The van der Waals surface area contributed by atoms with Crippen molar-refractivity contribution in [1.82, 2.24) is 9.97 Å². The van der Waals surface area contributed by atoms with Gasteiger partial charge in [0.1, 0.15) is 11.2 Å². The molecule has 4 nitrogen and oxygen atoms in total. The van der Waals surface area contributed by atoms with Crippen LogP contribution >= 0.6 is 0 Å². The highest BCUT2D eigenvalue weighted by Crippen LogP contribution is 2.44. The molecule has 11 rings (SSSR count). The molecule has 0 aliphatic heterocycles. The fourth-order valence-corrected chi connectivity index (χ4v) is 8.24. The second kappa shape index (κ2) is 14.0. The lowest BCUT2D eigenvalue weighted by Gasteiger charge is -2.26. The van der Waals surface area contributed by atoms with Crippen LogP contribution in [0.5, 0.6) is 0 Å². The minimum atomic E-state index is 0.664. The molecule has 0 spiro atoms. The Morgan fingerprint density at radius 3 is 1.62 bits per heavy atom. The number of hydrogen-bond donors (Lipinski definition) is 0. The number of aromatic nitrogens is 2. The van der Waals surface area contributed by atoms with Crippen LogP contribution in [0.2, 0.25) is 0 Å². The molecule has 0 amide bonds. The van der Waals surface area contributed by atoms with E-state index in [-0.39, 0.29) is 0 Å². The van der Waals surface area contributed by atoms with E-state index in [1.54, 1.807) is 0 Å². The third-order valence-corrected chi connectivity index (χ3v) is 11.1. The Kier molecular flexibility index (Phi) is 8.11. The monoisotopic (exact) mass is 741 g/mol. The molecule has 0 saturated heterocycles. The van der Waals surface area contributed by atoms with E-state index in [0.29, 0.717) is 5.82 Å². The van der Waals surface area contributed by atoms with Crippen LogP contribution < -0.4 is 4.90 Å². The fraction of sp³-hybridized carbons (Fsp3) is 0. The van der Waals surface area contributed by atoms with Crippen molar-refractivity contribution >= 4 is 60.7 Å². The van der Waals surface area contributed by atoms with Gasteiger partial charge in [-0.05, 0) is 94.2 Å². The average Bonchev–Trinajstić information content (AvgIpc) is 3.67. The van der Waals surface area contributed by atoms with Crippen molar-refractivity contribution in [2.45, 2.75) is 0 Å². The SMILES string of the molecule is c1ccc(-c2ccc(N(c3ccccc3)c3ccc(-c4ccc(-c5nc(-c6ccccc6)c6ccccc6n5)c5c4oc4cc6ccccc6cc45)cc3)cc2)cc1. The first-order valence-electron chi connectivity index (χ1n) is 19.6. The van der Waals surface area contributed by atoms with E-state index in [1.807, 2.05) is 18.2 Å². The molecule has 0 radical (unpaired) electrons. The van der Waals surface area contributed by atoms with Crippen LogP contribution in [0.25, 0.3) is 88.5 Å². The Labute approximate surface area is 335 Å². The minimum absolute atomic E-state index is 0.664. The van der Waals surface area contributed by atoms with E-state index in [2.05, 4.69) is 199 Å². The zero-order valence-electron chi connectivity index (χ0n) is 31.5. The van der Waals surface area contributed by atoms with Gasteiger partial charge in [-0.3, -0.25) is 0 Å². The molecule has 11 aromatic rings. The van der Waals surface area contributed by atoms with Gasteiger partial charge in [-0.1, -0.05) is 146 Å². The molecule has 0 saturated carbocycles. The zero-order chi connectivity index (χ0) is 38.4. The summed E-state index contributed by atoms with van der Waals surface area (Å²) in [4.78, 5) is 12.8. The second-order valence-corrected chi connectivity index (χ2v) is 14.6. The van der Waals surface area contributed by atoms with Gasteiger partial charge in [-0.2, -0.15) is 0 Å². The lowest BCUT2D eigenvalue weighted by Crippen LogP contribution is -2.09.